The molecule has 152 valence electrons. The fourth-order valence-electron chi connectivity index (χ4n) is 3.07. The van der Waals surface area contributed by atoms with Crippen molar-refractivity contribution in [3.05, 3.63) is 54.4 Å². The molecule has 1 aliphatic rings. The maximum absolute atomic E-state index is 11.4. The Kier molecular flexibility index (Phi) is 5.06. The van der Waals surface area contributed by atoms with Gasteiger partial charge in [0, 0.05) is 34.5 Å². The minimum atomic E-state index is -0.238. The molecule has 30 heavy (non-hydrogen) atoms. The molecule has 0 spiro atoms. The van der Waals surface area contributed by atoms with Crippen molar-refractivity contribution < 1.29 is 4.79 Å². The number of fused-ring (bicyclic) bond motifs is 1. The molecule has 0 radical (unpaired) electrons. The van der Waals surface area contributed by atoms with Crippen LogP contribution in [0.15, 0.2) is 58.7 Å². The summed E-state index contributed by atoms with van der Waals surface area (Å²) in [6, 6.07) is 13.4. The molecule has 4 aromatic rings. The minimum absolute atomic E-state index is 0.0738. The highest BCUT2D eigenvalue weighted by Crippen LogP contribution is 2.39. The van der Waals surface area contributed by atoms with Crippen LogP contribution in [0.3, 0.4) is 0 Å². The lowest BCUT2D eigenvalue weighted by Crippen LogP contribution is -2.12. The van der Waals surface area contributed by atoms with Gasteiger partial charge in [-0.05, 0) is 61.0 Å². The summed E-state index contributed by atoms with van der Waals surface area (Å²) in [5.74, 6) is 1.68. The summed E-state index contributed by atoms with van der Waals surface area (Å²) in [6.45, 7) is 0. The van der Waals surface area contributed by atoms with Crippen LogP contribution in [0.5, 0.6) is 0 Å². The number of hydrogen-bond donors (Lipinski definition) is 3. The van der Waals surface area contributed by atoms with Gasteiger partial charge in [0.2, 0.25) is 11.9 Å². The molecule has 0 bridgehead atoms. The van der Waals surface area contributed by atoms with Crippen molar-refractivity contribution >= 4 is 52.4 Å². The van der Waals surface area contributed by atoms with Crippen molar-refractivity contribution in [1.29, 1.82) is 0 Å². The highest BCUT2D eigenvalue weighted by molar-refractivity contribution is 7.99. The zero-order chi connectivity index (χ0) is 20.5. The van der Waals surface area contributed by atoms with Crippen LogP contribution in [0.1, 0.15) is 24.5 Å². The molecule has 1 aliphatic carbocycles. The lowest BCUT2D eigenvalue weighted by molar-refractivity contribution is -0.113. The van der Waals surface area contributed by atoms with E-state index in [9.17, 15) is 4.79 Å². The smallest absolute Gasteiger partial charge is 0.239 e. The maximum Gasteiger partial charge on any atom is 0.239 e. The van der Waals surface area contributed by atoms with Crippen molar-refractivity contribution in [3.8, 4) is 0 Å². The average Bonchev–Trinajstić information content (AvgIpc) is 3.30. The first-order valence-electron chi connectivity index (χ1n) is 9.49. The van der Waals surface area contributed by atoms with Gasteiger partial charge < -0.3 is 10.6 Å². The fourth-order valence-corrected chi connectivity index (χ4v) is 3.89. The van der Waals surface area contributed by atoms with E-state index in [2.05, 4.69) is 30.8 Å². The van der Waals surface area contributed by atoms with Gasteiger partial charge in [-0.25, -0.2) is 4.98 Å². The number of benzene rings is 1. The van der Waals surface area contributed by atoms with Crippen molar-refractivity contribution in [3.63, 3.8) is 0 Å². The molecule has 1 amide bonds. The first kappa shape index (κ1) is 19.0. The Morgan fingerprint density at radius 1 is 1.23 bits per heavy atom. The van der Waals surface area contributed by atoms with Crippen molar-refractivity contribution in [2.45, 2.75) is 28.8 Å². The summed E-state index contributed by atoms with van der Waals surface area (Å²) in [5, 5.41) is 14.1. The highest BCUT2D eigenvalue weighted by atomic mass is 35.5. The summed E-state index contributed by atoms with van der Waals surface area (Å²) in [5.41, 5.74) is 2.64. The Bertz CT molecular complexity index is 1200. The molecule has 0 atom stereocenters. The zero-order valence-corrected chi connectivity index (χ0v) is 17.4. The van der Waals surface area contributed by atoms with Crippen molar-refractivity contribution in [1.82, 2.24) is 24.6 Å². The second-order valence-electron chi connectivity index (χ2n) is 6.98. The van der Waals surface area contributed by atoms with E-state index < -0.39 is 0 Å². The van der Waals surface area contributed by atoms with Crippen LogP contribution >= 0.6 is 23.4 Å². The number of carbonyl (C=O) groups is 1. The number of nitrogens with one attached hydrogen (secondary N) is 3. The monoisotopic (exact) mass is 439 g/mol. The first-order chi connectivity index (χ1) is 14.7. The van der Waals surface area contributed by atoms with E-state index in [1.807, 2.05) is 53.1 Å². The third kappa shape index (κ3) is 4.12. The predicted octanol–water partition coefficient (Wildman–Crippen LogP) is 4.40. The molecule has 3 aromatic heterocycles. The van der Waals surface area contributed by atoms with E-state index in [-0.39, 0.29) is 11.8 Å². The molecule has 5 rings (SSSR count). The van der Waals surface area contributed by atoms with E-state index in [0.717, 1.165) is 22.1 Å². The first-order valence-corrected chi connectivity index (χ1v) is 10.8. The molecule has 3 heterocycles. The number of nitrogens with zero attached hydrogens (tertiary/aromatic N) is 4. The standard InChI is InChI=1S/C20H18ClN7OS/c21-11-18(29)22-13-5-7-14(8-6-13)30-20-24-17-2-1-9-28(17)19(25-20)23-16-10-15(26-27-16)12-3-4-12/h1-2,5-10,12H,3-4,11H2,(H,22,29)(H2,23,24,25,26,27). The van der Waals surface area contributed by atoms with Gasteiger partial charge in [-0.1, -0.05) is 0 Å². The van der Waals surface area contributed by atoms with Crippen LogP contribution in [0, 0.1) is 0 Å². The Labute approximate surface area is 181 Å². The average molecular weight is 440 g/mol. The molecule has 1 fully saturated rings. The number of halogens is 1. The second kappa shape index (κ2) is 8.00. The van der Waals surface area contributed by atoms with E-state index >= 15 is 0 Å². The molecular weight excluding hydrogens is 422 g/mol. The number of hydrogen-bond acceptors (Lipinski definition) is 6. The van der Waals surface area contributed by atoms with Gasteiger partial charge in [0.15, 0.2) is 11.0 Å². The molecular formula is C20H18ClN7OS. The topological polar surface area (TPSA) is 100 Å². The Morgan fingerprint density at radius 3 is 2.83 bits per heavy atom. The summed E-state index contributed by atoms with van der Waals surface area (Å²) in [4.78, 5) is 21.7. The Hall–Kier alpha value is -3.04. The van der Waals surface area contributed by atoms with Gasteiger partial charge in [-0.3, -0.25) is 14.3 Å². The lowest BCUT2D eigenvalue weighted by Gasteiger charge is -2.09. The second-order valence-corrected chi connectivity index (χ2v) is 8.29. The lowest BCUT2D eigenvalue weighted by atomic mass is 10.3. The molecule has 0 aliphatic heterocycles. The van der Waals surface area contributed by atoms with Crippen molar-refractivity contribution in [2.24, 2.45) is 0 Å². The van der Waals surface area contributed by atoms with E-state index in [4.69, 9.17) is 11.6 Å². The summed E-state index contributed by atoms with van der Waals surface area (Å²) < 4.78 is 1.89. The molecule has 0 saturated heterocycles. The SMILES string of the molecule is O=C(CCl)Nc1ccc(Sc2nc(Nc3cc(C4CC4)[nH]n3)n3cccc3n2)cc1. The molecule has 3 N–H and O–H groups in total. The molecule has 8 nitrogen and oxygen atoms in total. The van der Waals surface area contributed by atoms with Gasteiger partial charge >= 0.3 is 0 Å². The molecule has 0 unspecified atom stereocenters. The number of rotatable bonds is 7. The highest BCUT2D eigenvalue weighted by Gasteiger charge is 2.25. The predicted molar refractivity (Wildman–Crippen MR) is 117 cm³/mol. The zero-order valence-electron chi connectivity index (χ0n) is 15.8. The number of carbonyl (C=O) groups excluding carboxylic acids is 1. The van der Waals surface area contributed by atoms with Gasteiger partial charge in [0.05, 0.1) is 0 Å². The maximum atomic E-state index is 11.4. The number of aromatic amines is 1. The Balaban J connectivity index is 1.37. The van der Waals surface area contributed by atoms with E-state index in [1.54, 1.807) is 0 Å². The quantitative estimate of drug-likeness (QED) is 0.369. The van der Waals surface area contributed by atoms with Crippen LogP contribution in [0.2, 0.25) is 0 Å². The number of aromatic nitrogens is 5. The van der Waals surface area contributed by atoms with E-state index in [1.165, 1.54) is 24.6 Å². The molecule has 1 aromatic carbocycles. The van der Waals surface area contributed by atoms with Gasteiger partial charge in [-0.15, -0.1) is 11.6 Å². The fraction of sp³-hybridized carbons (Fsp3) is 0.200. The molecule has 1 saturated carbocycles. The van der Waals surface area contributed by atoms with Crippen molar-refractivity contribution in [2.75, 3.05) is 16.5 Å². The van der Waals surface area contributed by atoms with Gasteiger partial charge in [-0.2, -0.15) is 10.1 Å². The minimum Gasteiger partial charge on any atom is -0.325 e. The molecule has 10 heteroatoms. The van der Waals surface area contributed by atoms with Crippen LogP contribution < -0.4 is 10.6 Å². The third-order valence-electron chi connectivity index (χ3n) is 4.69. The van der Waals surface area contributed by atoms with Crippen LogP contribution in [-0.2, 0) is 4.79 Å². The number of alkyl halides is 1. The Morgan fingerprint density at radius 2 is 2.07 bits per heavy atom. The van der Waals surface area contributed by atoms with Gasteiger partial charge in [0.1, 0.15) is 11.5 Å². The summed E-state index contributed by atoms with van der Waals surface area (Å²) in [6.07, 6.45) is 4.34. The number of anilines is 3. The van der Waals surface area contributed by atoms with Crippen LogP contribution in [-0.4, -0.2) is 36.4 Å². The normalized spacial score (nSPS) is 13.5. The number of amides is 1. The van der Waals surface area contributed by atoms with Crippen LogP contribution in [0.4, 0.5) is 17.5 Å². The van der Waals surface area contributed by atoms with E-state index in [0.29, 0.717) is 22.7 Å². The summed E-state index contributed by atoms with van der Waals surface area (Å²) in [7, 11) is 0. The van der Waals surface area contributed by atoms with Crippen LogP contribution in [0.25, 0.3) is 5.65 Å². The largest absolute Gasteiger partial charge is 0.325 e. The third-order valence-corrected chi connectivity index (χ3v) is 5.81. The summed E-state index contributed by atoms with van der Waals surface area (Å²) >= 11 is 6.97. The number of H-pyrrole nitrogens is 1. The van der Waals surface area contributed by atoms with Gasteiger partial charge in [0.25, 0.3) is 0 Å².